The largest absolute Gasteiger partial charge is 0.481 e. The Morgan fingerprint density at radius 1 is 1.32 bits per heavy atom. The van der Waals surface area contributed by atoms with Crippen molar-refractivity contribution in [1.29, 1.82) is 0 Å². The highest BCUT2D eigenvalue weighted by Crippen LogP contribution is 2.45. The number of thioether (sulfide) groups is 1. The zero-order valence-electron chi connectivity index (χ0n) is 14.2. The minimum absolute atomic E-state index is 0.171. The van der Waals surface area contributed by atoms with Gasteiger partial charge in [0.1, 0.15) is 5.76 Å². The first-order valence-corrected chi connectivity index (χ1v) is 9.07. The molecule has 1 fully saturated rings. The Bertz CT molecular complexity index is 792. The number of aromatic nitrogens is 1. The Kier molecular flexibility index (Phi) is 4.85. The molecule has 1 aromatic heterocycles. The number of carbonyl (C=O) groups excluding carboxylic acids is 1. The van der Waals surface area contributed by atoms with Gasteiger partial charge in [0.05, 0.1) is 16.7 Å². The highest BCUT2D eigenvalue weighted by Gasteiger charge is 2.50. The summed E-state index contributed by atoms with van der Waals surface area (Å²) in [5.41, 5.74) is 1.67. The van der Waals surface area contributed by atoms with E-state index in [1.165, 1.54) is 11.8 Å². The number of carboxylic acids is 1. The lowest BCUT2D eigenvalue weighted by molar-refractivity contribution is -0.143. The summed E-state index contributed by atoms with van der Waals surface area (Å²) in [5, 5.41) is 15.9. The van der Waals surface area contributed by atoms with Crippen LogP contribution in [0.2, 0.25) is 0 Å². The van der Waals surface area contributed by atoms with Gasteiger partial charge in [-0.3, -0.25) is 9.59 Å². The predicted molar refractivity (Wildman–Crippen MR) is 93.6 cm³/mol. The summed E-state index contributed by atoms with van der Waals surface area (Å²) in [6.45, 7) is 3.94. The molecular weight excluding hydrogens is 340 g/mol. The SMILES string of the molecule is Cc1noc(C)c1CSc1ccccc1C(=O)NCC1(C(=O)O)CC1. The summed E-state index contributed by atoms with van der Waals surface area (Å²) in [5.74, 6) is 0.358. The average molecular weight is 360 g/mol. The fraction of sp³-hybridized carbons (Fsp3) is 0.389. The molecule has 0 spiro atoms. The number of carboxylic acid groups (broad SMARTS) is 1. The average Bonchev–Trinajstić information content (AvgIpc) is 3.33. The number of aryl methyl sites for hydroxylation is 2. The van der Waals surface area contributed by atoms with Gasteiger partial charge in [-0.2, -0.15) is 0 Å². The van der Waals surface area contributed by atoms with Gasteiger partial charge in [-0.25, -0.2) is 0 Å². The minimum atomic E-state index is -0.839. The molecule has 0 saturated heterocycles. The number of rotatable bonds is 7. The summed E-state index contributed by atoms with van der Waals surface area (Å²) in [4.78, 5) is 24.6. The molecule has 0 bridgehead atoms. The molecule has 0 radical (unpaired) electrons. The van der Waals surface area contributed by atoms with E-state index in [2.05, 4.69) is 10.5 Å². The molecular formula is C18H20N2O4S. The van der Waals surface area contributed by atoms with E-state index < -0.39 is 11.4 Å². The Morgan fingerprint density at radius 3 is 2.64 bits per heavy atom. The number of nitrogens with one attached hydrogen (secondary N) is 1. The third-order valence-electron chi connectivity index (χ3n) is 4.58. The fourth-order valence-electron chi connectivity index (χ4n) is 2.60. The second-order valence-electron chi connectivity index (χ2n) is 6.36. The lowest BCUT2D eigenvalue weighted by Gasteiger charge is -2.13. The second-order valence-corrected chi connectivity index (χ2v) is 7.37. The maximum Gasteiger partial charge on any atom is 0.311 e. The number of nitrogens with zero attached hydrogens (tertiary/aromatic N) is 1. The first-order valence-electron chi connectivity index (χ1n) is 8.08. The van der Waals surface area contributed by atoms with Crippen LogP contribution in [0.3, 0.4) is 0 Å². The standard InChI is InChI=1S/C18H20N2O4S/c1-11-14(12(2)24-20-11)9-25-15-6-4-3-5-13(15)16(21)19-10-18(7-8-18)17(22)23/h3-6H,7-10H2,1-2H3,(H,19,21)(H,22,23). The molecule has 1 amide bonds. The maximum atomic E-state index is 12.5. The molecule has 1 heterocycles. The summed E-state index contributed by atoms with van der Waals surface area (Å²) in [6.07, 6.45) is 1.23. The third kappa shape index (κ3) is 3.71. The summed E-state index contributed by atoms with van der Waals surface area (Å²) >= 11 is 1.54. The van der Waals surface area contributed by atoms with Crippen LogP contribution < -0.4 is 5.32 Å². The van der Waals surface area contributed by atoms with Gasteiger partial charge in [0, 0.05) is 22.8 Å². The molecule has 1 aromatic carbocycles. The van der Waals surface area contributed by atoms with E-state index in [-0.39, 0.29) is 12.5 Å². The number of benzene rings is 1. The van der Waals surface area contributed by atoms with Crippen molar-refractivity contribution in [2.75, 3.05) is 6.54 Å². The van der Waals surface area contributed by atoms with Crippen LogP contribution in [0.25, 0.3) is 0 Å². The Labute approximate surface area is 150 Å². The second kappa shape index (κ2) is 6.92. The van der Waals surface area contributed by atoms with Crippen LogP contribution in [0.4, 0.5) is 0 Å². The van der Waals surface area contributed by atoms with Crippen molar-refractivity contribution in [3.63, 3.8) is 0 Å². The van der Waals surface area contributed by atoms with E-state index in [0.717, 1.165) is 21.9 Å². The molecule has 1 saturated carbocycles. The molecule has 132 valence electrons. The van der Waals surface area contributed by atoms with Crippen molar-refractivity contribution in [2.45, 2.75) is 37.3 Å². The number of carbonyl (C=O) groups is 2. The summed E-state index contributed by atoms with van der Waals surface area (Å²) in [7, 11) is 0. The zero-order chi connectivity index (χ0) is 18.0. The molecule has 1 aliphatic carbocycles. The molecule has 25 heavy (non-hydrogen) atoms. The van der Waals surface area contributed by atoms with Crippen molar-refractivity contribution in [2.24, 2.45) is 5.41 Å². The van der Waals surface area contributed by atoms with E-state index >= 15 is 0 Å². The van der Waals surface area contributed by atoms with Gasteiger partial charge in [0.15, 0.2) is 0 Å². The third-order valence-corrected chi connectivity index (χ3v) is 5.68. The summed E-state index contributed by atoms with van der Waals surface area (Å²) < 4.78 is 5.17. The molecule has 2 aromatic rings. The van der Waals surface area contributed by atoms with Gasteiger partial charge in [0.25, 0.3) is 5.91 Å². The highest BCUT2D eigenvalue weighted by atomic mass is 32.2. The molecule has 7 heteroatoms. The van der Waals surface area contributed by atoms with Crippen LogP contribution in [0.15, 0.2) is 33.7 Å². The molecule has 2 N–H and O–H groups in total. The van der Waals surface area contributed by atoms with Crippen molar-refractivity contribution in [1.82, 2.24) is 10.5 Å². The monoisotopic (exact) mass is 360 g/mol. The first-order chi connectivity index (χ1) is 11.9. The van der Waals surface area contributed by atoms with Gasteiger partial charge < -0.3 is 14.9 Å². The van der Waals surface area contributed by atoms with Crippen molar-refractivity contribution < 1.29 is 19.2 Å². The predicted octanol–water partition coefficient (Wildman–Crippen LogP) is 3.18. The van der Waals surface area contributed by atoms with Gasteiger partial charge in [-0.15, -0.1) is 11.8 Å². The fourth-order valence-corrected chi connectivity index (χ4v) is 3.80. The van der Waals surface area contributed by atoms with Gasteiger partial charge in [-0.05, 0) is 38.8 Å². The van der Waals surface area contributed by atoms with E-state index in [9.17, 15) is 14.7 Å². The van der Waals surface area contributed by atoms with Crippen LogP contribution in [0, 0.1) is 19.3 Å². The van der Waals surface area contributed by atoms with Gasteiger partial charge in [-0.1, -0.05) is 17.3 Å². The van der Waals surface area contributed by atoms with Crippen LogP contribution in [0.1, 0.15) is 40.2 Å². The molecule has 6 nitrogen and oxygen atoms in total. The maximum absolute atomic E-state index is 12.5. The van der Waals surface area contributed by atoms with Gasteiger partial charge >= 0.3 is 5.97 Å². The quantitative estimate of drug-likeness (QED) is 0.737. The number of aliphatic carboxylic acids is 1. The Hall–Kier alpha value is -2.28. The van der Waals surface area contributed by atoms with Gasteiger partial charge in [0.2, 0.25) is 0 Å². The van der Waals surface area contributed by atoms with E-state index in [1.807, 2.05) is 26.0 Å². The Balaban J connectivity index is 1.68. The van der Waals surface area contributed by atoms with Crippen molar-refractivity contribution >= 4 is 23.6 Å². The molecule has 3 rings (SSSR count). The number of hydrogen-bond acceptors (Lipinski definition) is 5. The van der Waals surface area contributed by atoms with Crippen LogP contribution in [-0.2, 0) is 10.5 Å². The highest BCUT2D eigenvalue weighted by molar-refractivity contribution is 7.98. The molecule has 0 aliphatic heterocycles. The first kappa shape index (κ1) is 17.5. The molecule has 1 aliphatic rings. The summed E-state index contributed by atoms with van der Waals surface area (Å²) in [6, 6.07) is 7.33. The number of hydrogen-bond donors (Lipinski definition) is 2. The normalized spacial score (nSPS) is 15.0. The molecule has 0 atom stereocenters. The van der Waals surface area contributed by atoms with Crippen molar-refractivity contribution in [3.8, 4) is 0 Å². The lowest BCUT2D eigenvalue weighted by atomic mass is 10.1. The van der Waals surface area contributed by atoms with E-state index in [0.29, 0.717) is 24.2 Å². The van der Waals surface area contributed by atoms with Crippen molar-refractivity contribution in [3.05, 3.63) is 46.8 Å². The number of amides is 1. The molecule has 0 unspecified atom stereocenters. The van der Waals surface area contributed by atoms with Crippen LogP contribution >= 0.6 is 11.8 Å². The van der Waals surface area contributed by atoms with E-state index in [1.54, 1.807) is 12.1 Å². The van der Waals surface area contributed by atoms with E-state index in [4.69, 9.17) is 4.52 Å². The van der Waals surface area contributed by atoms with Crippen LogP contribution in [0.5, 0.6) is 0 Å². The smallest absolute Gasteiger partial charge is 0.311 e. The topological polar surface area (TPSA) is 92.4 Å². The zero-order valence-corrected chi connectivity index (χ0v) is 15.0. The lowest BCUT2D eigenvalue weighted by Crippen LogP contribution is -2.34. The Morgan fingerprint density at radius 2 is 2.04 bits per heavy atom. The minimum Gasteiger partial charge on any atom is -0.481 e. The van der Waals surface area contributed by atoms with Crippen LogP contribution in [-0.4, -0.2) is 28.7 Å².